The molecule has 0 fully saturated rings. The number of aliphatic hydroxyl groups excluding tert-OH is 2. The molecule has 1 amide bonds. The van der Waals surface area contributed by atoms with E-state index in [1.54, 1.807) is 17.0 Å². The zero-order valence-corrected chi connectivity index (χ0v) is 23.7. The first-order valence-corrected chi connectivity index (χ1v) is 14.2. The normalized spacial score (nSPS) is 14.3. The van der Waals surface area contributed by atoms with Gasteiger partial charge < -0.3 is 24.8 Å². The average molecular weight is 571 g/mol. The highest BCUT2D eigenvalue weighted by molar-refractivity contribution is 6.13. The van der Waals surface area contributed by atoms with E-state index in [9.17, 15) is 24.2 Å². The third-order valence-electron chi connectivity index (χ3n) is 7.76. The van der Waals surface area contributed by atoms with Gasteiger partial charge in [-0.3, -0.25) is 9.59 Å². The summed E-state index contributed by atoms with van der Waals surface area (Å²) in [6, 6.07) is 23.5. The van der Waals surface area contributed by atoms with Crippen molar-refractivity contribution in [3.8, 4) is 22.3 Å². The Kier molecular flexibility index (Phi) is 8.56. The van der Waals surface area contributed by atoms with Crippen LogP contribution >= 0.6 is 0 Å². The van der Waals surface area contributed by atoms with Gasteiger partial charge in [0.25, 0.3) is 5.91 Å². The average Bonchev–Trinajstić information content (AvgIpc) is 3.24. The van der Waals surface area contributed by atoms with Crippen LogP contribution in [-0.4, -0.2) is 44.0 Å². The van der Waals surface area contributed by atoms with E-state index in [0.717, 1.165) is 39.2 Å². The van der Waals surface area contributed by atoms with Gasteiger partial charge >= 0.3 is 5.97 Å². The number of hydrogen-bond donors (Lipinski definition) is 3. The quantitative estimate of drug-likeness (QED) is 0.210. The number of para-hydroxylation sites is 1. The highest BCUT2D eigenvalue weighted by atomic mass is 19.1. The van der Waals surface area contributed by atoms with E-state index in [1.807, 2.05) is 73.0 Å². The Morgan fingerprint density at radius 2 is 1.57 bits per heavy atom. The van der Waals surface area contributed by atoms with Crippen LogP contribution in [0.25, 0.3) is 22.3 Å². The number of carboxylic acids is 1. The van der Waals surface area contributed by atoms with Crippen LogP contribution in [0, 0.1) is 5.82 Å². The van der Waals surface area contributed by atoms with Gasteiger partial charge in [0.2, 0.25) is 0 Å². The van der Waals surface area contributed by atoms with E-state index in [4.69, 9.17) is 5.11 Å². The first-order valence-electron chi connectivity index (χ1n) is 14.2. The molecule has 0 bridgehead atoms. The second-order valence-electron chi connectivity index (χ2n) is 11.1. The number of carboxylic acid groups (broad SMARTS) is 1. The Balaban J connectivity index is 1.72. The van der Waals surface area contributed by atoms with Crippen LogP contribution in [0.15, 0.2) is 78.9 Å². The second kappa shape index (κ2) is 12.3. The van der Waals surface area contributed by atoms with Crippen molar-refractivity contribution in [1.82, 2.24) is 4.57 Å². The standard InChI is InChI=1S/C34H35FN2O5/c1-21(2)37-29(17-16-26(38)18-27(39)19-30(40)41)31(22-12-14-24(35)15-13-22)32-28-11-7-6-8-23(28)20-36(34(42)33(32)37)25-9-4-3-5-10-25/h3-15,21,26-27,38-39H,16-20H2,1-2H3,(H,40,41)/t26-,27-/m1/s1. The number of rotatable bonds is 10. The molecule has 1 aliphatic heterocycles. The zero-order chi connectivity index (χ0) is 30.0. The van der Waals surface area contributed by atoms with Crippen molar-refractivity contribution in [2.45, 2.75) is 64.3 Å². The number of benzene rings is 3. The molecule has 0 saturated carbocycles. The van der Waals surface area contributed by atoms with Gasteiger partial charge in [0.15, 0.2) is 0 Å². The summed E-state index contributed by atoms with van der Waals surface area (Å²) in [5, 5.41) is 29.9. The van der Waals surface area contributed by atoms with Gasteiger partial charge in [-0.15, -0.1) is 0 Å². The van der Waals surface area contributed by atoms with Crippen LogP contribution in [0.5, 0.6) is 0 Å². The highest BCUT2D eigenvalue weighted by Crippen LogP contribution is 2.46. The molecule has 0 radical (unpaired) electrons. The number of nitrogens with zero attached hydrogens (tertiary/aromatic N) is 2. The minimum atomic E-state index is -1.17. The molecule has 0 saturated heterocycles. The van der Waals surface area contributed by atoms with Gasteiger partial charge in [0.05, 0.1) is 25.2 Å². The number of amides is 1. The summed E-state index contributed by atoms with van der Waals surface area (Å²) < 4.78 is 16.1. The van der Waals surface area contributed by atoms with Crippen molar-refractivity contribution in [2.75, 3.05) is 4.90 Å². The van der Waals surface area contributed by atoms with Gasteiger partial charge in [0, 0.05) is 28.6 Å². The zero-order valence-electron chi connectivity index (χ0n) is 23.7. The lowest BCUT2D eigenvalue weighted by atomic mass is 9.91. The van der Waals surface area contributed by atoms with Gasteiger partial charge in [-0.1, -0.05) is 54.6 Å². The number of fused-ring (bicyclic) bond motifs is 3. The third-order valence-corrected chi connectivity index (χ3v) is 7.76. The smallest absolute Gasteiger partial charge is 0.305 e. The van der Waals surface area contributed by atoms with Crippen LogP contribution in [0.1, 0.15) is 60.9 Å². The SMILES string of the molecule is CC(C)n1c(CC[C@@H](O)C[C@@H](O)CC(=O)O)c(-c2ccc(F)cc2)c2c1C(=O)N(c1ccccc1)Cc1ccccc1-2. The second-order valence-corrected chi connectivity index (χ2v) is 11.1. The summed E-state index contributed by atoms with van der Waals surface area (Å²) in [7, 11) is 0. The first kappa shape index (κ1) is 29.2. The lowest BCUT2D eigenvalue weighted by Gasteiger charge is -2.25. The Morgan fingerprint density at radius 1 is 0.905 bits per heavy atom. The highest BCUT2D eigenvalue weighted by Gasteiger charge is 2.36. The Labute approximate surface area is 244 Å². The fourth-order valence-electron chi connectivity index (χ4n) is 5.96. The Morgan fingerprint density at radius 3 is 2.24 bits per heavy atom. The summed E-state index contributed by atoms with van der Waals surface area (Å²) in [6.45, 7) is 4.38. The monoisotopic (exact) mass is 570 g/mol. The van der Waals surface area contributed by atoms with Crippen LogP contribution in [0.2, 0.25) is 0 Å². The molecule has 3 N–H and O–H groups in total. The number of anilines is 1. The predicted molar refractivity (Wildman–Crippen MR) is 160 cm³/mol. The van der Waals surface area contributed by atoms with Crippen LogP contribution < -0.4 is 4.90 Å². The summed E-state index contributed by atoms with van der Waals surface area (Å²) in [4.78, 5) is 27.4. The fraction of sp³-hybridized carbons (Fsp3) is 0.294. The molecule has 2 heterocycles. The maximum Gasteiger partial charge on any atom is 0.305 e. The van der Waals surface area contributed by atoms with Crippen molar-refractivity contribution >= 4 is 17.6 Å². The maximum atomic E-state index is 14.6. The van der Waals surface area contributed by atoms with Gasteiger partial charge in [0.1, 0.15) is 11.5 Å². The fourth-order valence-corrected chi connectivity index (χ4v) is 5.96. The number of halogens is 1. The van der Waals surface area contributed by atoms with E-state index >= 15 is 0 Å². The van der Waals surface area contributed by atoms with Crippen molar-refractivity contribution in [3.05, 3.63) is 102 Å². The lowest BCUT2D eigenvalue weighted by molar-refractivity contribution is -0.139. The summed E-state index contributed by atoms with van der Waals surface area (Å²) in [5.41, 5.74) is 6.31. The molecule has 5 rings (SSSR count). The molecular formula is C34H35FN2O5. The number of aliphatic carboxylic acids is 1. The largest absolute Gasteiger partial charge is 0.481 e. The molecular weight excluding hydrogens is 535 g/mol. The summed E-state index contributed by atoms with van der Waals surface area (Å²) in [5.74, 6) is -1.66. The molecule has 42 heavy (non-hydrogen) atoms. The minimum Gasteiger partial charge on any atom is -0.481 e. The van der Waals surface area contributed by atoms with Crippen LogP contribution in [0.3, 0.4) is 0 Å². The van der Waals surface area contributed by atoms with Gasteiger partial charge in [-0.25, -0.2) is 4.39 Å². The first-order chi connectivity index (χ1) is 20.2. The molecule has 2 atom stereocenters. The van der Waals surface area contributed by atoms with Crippen LogP contribution in [0.4, 0.5) is 10.1 Å². The molecule has 4 aromatic rings. The van der Waals surface area contributed by atoms with Gasteiger partial charge in [-0.05, 0) is 74.1 Å². The van der Waals surface area contributed by atoms with E-state index in [1.165, 1.54) is 12.1 Å². The summed E-state index contributed by atoms with van der Waals surface area (Å²) in [6.07, 6.45) is -2.08. The molecule has 7 nitrogen and oxygen atoms in total. The third kappa shape index (κ3) is 5.86. The van der Waals surface area contributed by atoms with Crippen molar-refractivity contribution < 1.29 is 29.3 Å². The summed E-state index contributed by atoms with van der Waals surface area (Å²) >= 11 is 0. The number of carbonyl (C=O) groups excluding carboxylic acids is 1. The van der Waals surface area contributed by atoms with E-state index in [0.29, 0.717) is 18.7 Å². The number of carbonyl (C=O) groups is 2. The molecule has 0 unspecified atom stereocenters. The molecule has 8 heteroatoms. The predicted octanol–water partition coefficient (Wildman–Crippen LogP) is 6.22. The Bertz CT molecular complexity index is 1580. The van der Waals surface area contributed by atoms with E-state index in [-0.39, 0.29) is 30.6 Å². The Hall–Kier alpha value is -4.27. The maximum absolute atomic E-state index is 14.6. The molecule has 0 spiro atoms. The topological polar surface area (TPSA) is 103 Å². The molecule has 0 aliphatic carbocycles. The van der Waals surface area contributed by atoms with E-state index in [2.05, 4.69) is 0 Å². The van der Waals surface area contributed by atoms with Crippen molar-refractivity contribution in [3.63, 3.8) is 0 Å². The lowest BCUT2D eigenvalue weighted by Crippen LogP contribution is -2.31. The van der Waals surface area contributed by atoms with Crippen LogP contribution in [-0.2, 0) is 17.8 Å². The molecule has 218 valence electrons. The molecule has 1 aromatic heterocycles. The minimum absolute atomic E-state index is 0.0795. The molecule has 1 aliphatic rings. The number of aliphatic hydroxyl groups is 2. The van der Waals surface area contributed by atoms with Gasteiger partial charge in [-0.2, -0.15) is 0 Å². The van der Waals surface area contributed by atoms with Crippen molar-refractivity contribution in [2.24, 2.45) is 0 Å². The molecule has 3 aromatic carbocycles. The number of hydrogen-bond acceptors (Lipinski definition) is 4. The van der Waals surface area contributed by atoms with E-state index < -0.39 is 24.6 Å². The van der Waals surface area contributed by atoms with Crippen molar-refractivity contribution in [1.29, 1.82) is 0 Å². The number of aromatic nitrogens is 1.